The van der Waals surface area contributed by atoms with Gasteiger partial charge in [-0.15, -0.1) is 11.3 Å². The third kappa shape index (κ3) is 2.43. The second-order valence-corrected chi connectivity index (χ2v) is 5.74. The molecular formula is C14H16N2O2S. The van der Waals surface area contributed by atoms with Crippen molar-refractivity contribution in [2.24, 2.45) is 5.73 Å². The minimum Gasteiger partial charge on any atom is -0.497 e. The highest BCUT2D eigenvalue weighted by Crippen LogP contribution is 2.43. The van der Waals surface area contributed by atoms with E-state index in [2.05, 4.69) is 4.98 Å². The van der Waals surface area contributed by atoms with Crippen LogP contribution < -0.4 is 15.2 Å². The molecule has 1 saturated carbocycles. The maximum atomic E-state index is 5.88. The summed E-state index contributed by atoms with van der Waals surface area (Å²) in [5.74, 6) is 2.04. The van der Waals surface area contributed by atoms with E-state index < -0.39 is 0 Å². The van der Waals surface area contributed by atoms with Crippen LogP contribution in [-0.4, -0.2) is 25.2 Å². The molecule has 2 atom stereocenters. The van der Waals surface area contributed by atoms with Crippen molar-refractivity contribution < 1.29 is 9.47 Å². The van der Waals surface area contributed by atoms with Gasteiger partial charge in [0.25, 0.3) is 0 Å². The van der Waals surface area contributed by atoms with E-state index in [1.807, 2.05) is 24.4 Å². The molecule has 1 fully saturated rings. The lowest BCUT2D eigenvalue weighted by Gasteiger charge is -2.06. The van der Waals surface area contributed by atoms with Gasteiger partial charge >= 0.3 is 0 Å². The van der Waals surface area contributed by atoms with Crippen LogP contribution in [0.2, 0.25) is 0 Å². The molecule has 2 aromatic rings. The van der Waals surface area contributed by atoms with Gasteiger partial charge < -0.3 is 15.2 Å². The lowest BCUT2D eigenvalue weighted by Crippen LogP contribution is -1.99. The van der Waals surface area contributed by atoms with Gasteiger partial charge in [0.05, 0.1) is 14.2 Å². The first kappa shape index (κ1) is 12.4. The lowest BCUT2D eigenvalue weighted by molar-refractivity contribution is 0.394. The van der Waals surface area contributed by atoms with Crippen molar-refractivity contribution in [1.82, 2.24) is 4.98 Å². The number of thiazole rings is 1. The van der Waals surface area contributed by atoms with Crippen LogP contribution in [0.25, 0.3) is 10.6 Å². The summed E-state index contributed by atoms with van der Waals surface area (Å²) in [6.07, 6.45) is 3.01. The quantitative estimate of drug-likeness (QED) is 0.932. The molecule has 0 amide bonds. The average molecular weight is 276 g/mol. The summed E-state index contributed by atoms with van der Waals surface area (Å²) in [5, 5.41) is 0.978. The Morgan fingerprint density at radius 2 is 1.84 bits per heavy atom. The molecule has 1 aliphatic rings. The summed E-state index contributed by atoms with van der Waals surface area (Å²) in [6.45, 7) is 0. The molecule has 1 aromatic carbocycles. The van der Waals surface area contributed by atoms with E-state index in [1.165, 1.54) is 4.88 Å². The molecule has 0 saturated heterocycles. The van der Waals surface area contributed by atoms with Gasteiger partial charge in [0.1, 0.15) is 16.5 Å². The molecule has 2 N–H and O–H groups in total. The smallest absolute Gasteiger partial charge is 0.123 e. The Labute approximate surface area is 116 Å². The van der Waals surface area contributed by atoms with Crippen LogP contribution in [0, 0.1) is 0 Å². The molecule has 0 radical (unpaired) electrons. The molecule has 1 heterocycles. The Hall–Kier alpha value is -1.59. The van der Waals surface area contributed by atoms with Crippen LogP contribution in [-0.2, 0) is 0 Å². The van der Waals surface area contributed by atoms with Gasteiger partial charge in [-0.3, -0.25) is 0 Å². The van der Waals surface area contributed by atoms with Gasteiger partial charge in [-0.05, 0) is 18.6 Å². The number of methoxy groups -OCH3 is 2. The van der Waals surface area contributed by atoms with Crippen molar-refractivity contribution in [2.75, 3.05) is 14.2 Å². The zero-order valence-electron chi connectivity index (χ0n) is 10.9. The van der Waals surface area contributed by atoms with E-state index in [0.29, 0.717) is 12.0 Å². The fraction of sp³-hybridized carbons (Fsp3) is 0.357. The van der Waals surface area contributed by atoms with Gasteiger partial charge in [0, 0.05) is 34.7 Å². The van der Waals surface area contributed by atoms with Crippen LogP contribution in [0.15, 0.2) is 24.4 Å². The Bertz CT molecular complexity index is 575. The van der Waals surface area contributed by atoms with Crippen molar-refractivity contribution >= 4 is 11.3 Å². The van der Waals surface area contributed by atoms with Crippen LogP contribution in [0.5, 0.6) is 11.5 Å². The van der Waals surface area contributed by atoms with E-state index in [1.54, 1.807) is 25.6 Å². The van der Waals surface area contributed by atoms with Gasteiger partial charge in [-0.2, -0.15) is 0 Å². The molecule has 19 heavy (non-hydrogen) atoms. The van der Waals surface area contributed by atoms with Crippen molar-refractivity contribution in [3.63, 3.8) is 0 Å². The van der Waals surface area contributed by atoms with E-state index >= 15 is 0 Å². The van der Waals surface area contributed by atoms with Crippen LogP contribution in [0.4, 0.5) is 0 Å². The van der Waals surface area contributed by atoms with E-state index in [4.69, 9.17) is 15.2 Å². The van der Waals surface area contributed by atoms with Gasteiger partial charge in [0.15, 0.2) is 0 Å². The number of aromatic nitrogens is 1. The summed E-state index contributed by atoms with van der Waals surface area (Å²) in [6, 6.07) is 6.11. The number of ether oxygens (including phenoxy) is 2. The Balaban J connectivity index is 1.94. The highest BCUT2D eigenvalue weighted by molar-refractivity contribution is 7.15. The minimum atomic E-state index is 0.313. The lowest BCUT2D eigenvalue weighted by atomic mass is 10.2. The second-order valence-electron chi connectivity index (χ2n) is 4.68. The third-order valence-electron chi connectivity index (χ3n) is 3.33. The maximum Gasteiger partial charge on any atom is 0.123 e. The van der Waals surface area contributed by atoms with Crippen LogP contribution >= 0.6 is 11.3 Å². The number of rotatable bonds is 4. The van der Waals surface area contributed by atoms with Crippen molar-refractivity contribution in [1.29, 1.82) is 0 Å². The highest BCUT2D eigenvalue weighted by atomic mass is 32.1. The largest absolute Gasteiger partial charge is 0.497 e. The van der Waals surface area contributed by atoms with Crippen molar-refractivity contribution in [2.45, 2.75) is 18.4 Å². The predicted octanol–water partition coefficient (Wildman–Crippen LogP) is 2.64. The molecule has 0 bridgehead atoms. The van der Waals surface area contributed by atoms with Crippen molar-refractivity contribution in [3.8, 4) is 22.1 Å². The van der Waals surface area contributed by atoms with Crippen molar-refractivity contribution in [3.05, 3.63) is 29.3 Å². The minimum absolute atomic E-state index is 0.313. The summed E-state index contributed by atoms with van der Waals surface area (Å²) in [7, 11) is 3.30. The van der Waals surface area contributed by atoms with Crippen LogP contribution in [0.1, 0.15) is 17.2 Å². The average Bonchev–Trinajstić information content (AvgIpc) is 2.98. The van der Waals surface area contributed by atoms with Gasteiger partial charge in [-0.25, -0.2) is 4.98 Å². The second kappa shape index (κ2) is 4.83. The first-order chi connectivity index (χ1) is 9.21. The molecule has 3 rings (SSSR count). The zero-order valence-corrected chi connectivity index (χ0v) is 11.7. The highest BCUT2D eigenvalue weighted by Gasteiger charge is 2.36. The van der Waals surface area contributed by atoms with Gasteiger partial charge in [-0.1, -0.05) is 0 Å². The number of nitrogens with zero attached hydrogens (tertiary/aromatic N) is 1. The first-order valence-electron chi connectivity index (χ1n) is 6.16. The molecule has 4 nitrogen and oxygen atoms in total. The maximum absolute atomic E-state index is 5.88. The molecule has 1 aliphatic carbocycles. The molecule has 100 valence electrons. The summed E-state index contributed by atoms with van der Waals surface area (Å²) in [5.41, 5.74) is 6.89. The van der Waals surface area contributed by atoms with E-state index in [0.717, 1.165) is 28.5 Å². The van der Waals surface area contributed by atoms with E-state index in [9.17, 15) is 0 Å². The Kier molecular flexibility index (Phi) is 3.16. The number of nitrogens with two attached hydrogens (primary N) is 1. The monoisotopic (exact) mass is 276 g/mol. The zero-order chi connectivity index (χ0) is 13.4. The van der Waals surface area contributed by atoms with E-state index in [-0.39, 0.29) is 0 Å². The predicted molar refractivity (Wildman–Crippen MR) is 76.0 cm³/mol. The SMILES string of the molecule is COc1cc(OC)cc(-c2ncc(C3CC3N)s2)c1. The molecule has 5 heteroatoms. The molecule has 1 aromatic heterocycles. The molecular weight excluding hydrogens is 260 g/mol. The first-order valence-corrected chi connectivity index (χ1v) is 6.97. The summed E-state index contributed by atoms with van der Waals surface area (Å²) in [4.78, 5) is 5.75. The normalized spacial score (nSPS) is 21.2. The number of hydrogen-bond donors (Lipinski definition) is 1. The topological polar surface area (TPSA) is 57.4 Å². The number of benzene rings is 1. The molecule has 0 spiro atoms. The summed E-state index contributed by atoms with van der Waals surface area (Å²) < 4.78 is 10.6. The molecule has 2 unspecified atom stereocenters. The Morgan fingerprint density at radius 1 is 1.21 bits per heavy atom. The standard InChI is InChI=1S/C14H16N2O2S/c1-17-9-3-8(4-10(5-9)18-2)14-16-7-13(19-14)11-6-12(11)15/h3-5,7,11-12H,6,15H2,1-2H3. The van der Waals surface area contributed by atoms with Gasteiger partial charge in [0.2, 0.25) is 0 Å². The Morgan fingerprint density at radius 3 is 2.37 bits per heavy atom. The number of hydrogen-bond acceptors (Lipinski definition) is 5. The fourth-order valence-corrected chi connectivity index (χ4v) is 3.16. The fourth-order valence-electron chi connectivity index (χ4n) is 2.06. The van der Waals surface area contributed by atoms with Crippen LogP contribution in [0.3, 0.4) is 0 Å². The third-order valence-corrected chi connectivity index (χ3v) is 4.51. The molecule has 0 aliphatic heterocycles. The summed E-state index contributed by atoms with van der Waals surface area (Å²) >= 11 is 1.70.